The third-order valence-corrected chi connectivity index (χ3v) is 6.84. The lowest BCUT2D eigenvalue weighted by Gasteiger charge is -2.19. The first kappa shape index (κ1) is 25.4. The summed E-state index contributed by atoms with van der Waals surface area (Å²) in [5.74, 6) is -0.142. The Morgan fingerprint density at radius 3 is 2.51 bits per heavy atom. The van der Waals surface area contributed by atoms with Crippen LogP contribution in [0.15, 0.2) is 48.5 Å². The van der Waals surface area contributed by atoms with Gasteiger partial charge in [0.2, 0.25) is 0 Å². The summed E-state index contributed by atoms with van der Waals surface area (Å²) in [7, 11) is 0. The predicted octanol–water partition coefficient (Wildman–Crippen LogP) is 6.89. The summed E-state index contributed by atoms with van der Waals surface area (Å²) < 4.78 is 46.3. The molecular formula is C26H23Cl2F3N4O2. The van der Waals surface area contributed by atoms with Gasteiger partial charge in [-0.25, -0.2) is 0 Å². The molecule has 2 heterocycles. The van der Waals surface area contributed by atoms with Gasteiger partial charge in [-0.1, -0.05) is 47.5 Å². The second kappa shape index (κ2) is 9.22. The number of halogens is 5. The van der Waals surface area contributed by atoms with Crippen molar-refractivity contribution in [3.63, 3.8) is 0 Å². The topological polar surface area (TPSA) is 74.4 Å². The van der Waals surface area contributed by atoms with E-state index in [2.05, 4.69) is 21.3 Å². The summed E-state index contributed by atoms with van der Waals surface area (Å²) in [4.78, 5) is 13.2. The number of anilines is 3. The number of hydrogen-bond acceptors (Lipinski definition) is 5. The van der Waals surface area contributed by atoms with Crippen LogP contribution in [0, 0.1) is 0 Å². The third-order valence-electron chi connectivity index (χ3n) is 6.21. The second-order valence-corrected chi connectivity index (χ2v) is 10.3. The van der Waals surface area contributed by atoms with E-state index in [1.165, 1.54) is 18.2 Å². The molecule has 1 amide bonds. The van der Waals surface area contributed by atoms with Gasteiger partial charge < -0.3 is 26.0 Å². The molecule has 1 unspecified atom stereocenters. The summed E-state index contributed by atoms with van der Waals surface area (Å²) in [6, 6.07) is 12.0. The van der Waals surface area contributed by atoms with Crippen molar-refractivity contribution in [2.75, 3.05) is 16.0 Å². The molecule has 5 rings (SSSR count). The molecule has 0 radical (unpaired) electrons. The van der Waals surface area contributed by atoms with Crippen LogP contribution in [0.25, 0.3) is 0 Å². The molecule has 0 aromatic heterocycles. The van der Waals surface area contributed by atoms with Crippen LogP contribution in [0.3, 0.4) is 0 Å². The normalized spacial score (nSPS) is 17.2. The molecule has 0 fully saturated rings. The first-order valence-electron chi connectivity index (χ1n) is 11.5. The summed E-state index contributed by atoms with van der Waals surface area (Å²) >= 11 is 12.6. The van der Waals surface area contributed by atoms with Crippen molar-refractivity contribution < 1.29 is 22.7 Å². The highest BCUT2D eigenvalue weighted by atomic mass is 35.5. The highest BCUT2D eigenvalue weighted by molar-refractivity contribution is 6.39. The van der Waals surface area contributed by atoms with E-state index < -0.39 is 29.5 Å². The van der Waals surface area contributed by atoms with Crippen molar-refractivity contribution in [1.29, 1.82) is 0 Å². The average Bonchev–Trinajstić information content (AvgIpc) is 3.38. The van der Waals surface area contributed by atoms with Crippen LogP contribution in [-0.4, -0.2) is 17.8 Å². The zero-order valence-electron chi connectivity index (χ0n) is 19.8. The maximum absolute atomic E-state index is 13.4. The quantitative estimate of drug-likeness (QED) is 0.278. The molecule has 0 saturated heterocycles. The van der Waals surface area contributed by atoms with Gasteiger partial charge in [0, 0.05) is 18.5 Å². The maximum atomic E-state index is 13.4. The van der Waals surface area contributed by atoms with Crippen molar-refractivity contribution >= 4 is 46.2 Å². The van der Waals surface area contributed by atoms with Crippen molar-refractivity contribution in [3.8, 4) is 5.75 Å². The Balaban J connectivity index is 1.42. The molecule has 2 aliphatic heterocycles. The fourth-order valence-electron chi connectivity index (χ4n) is 4.60. The number of fused-ring (bicyclic) bond motifs is 3. The highest BCUT2D eigenvalue weighted by Gasteiger charge is 2.39. The Morgan fingerprint density at radius 1 is 1.11 bits per heavy atom. The van der Waals surface area contributed by atoms with Crippen molar-refractivity contribution in [3.05, 3.63) is 80.8 Å². The van der Waals surface area contributed by atoms with Crippen LogP contribution >= 0.6 is 23.2 Å². The zero-order valence-corrected chi connectivity index (χ0v) is 21.3. The SMILES string of the molecule is CC1(C)Cc2c3c(cc(C(=O)NCc4ccccc4C(F)(F)F)c2O1)NC(Nc1c(Cl)cccc1Cl)N3. The molecular weight excluding hydrogens is 528 g/mol. The number of rotatable bonds is 5. The van der Waals surface area contributed by atoms with Crippen molar-refractivity contribution in [2.24, 2.45) is 0 Å². The number of para-hydroxylation sites is 1. The molecule has 0 bridgehead atoms. The summed E-state index contributed by atoms with van der Waals surface area (Å²) in [6.45, 7) is 3.52. The van der Waals surface area contributed by atoms with Gasteiger partial charge >= 0.3 is 6.18 Å². The number of amides is 1. The Kier molecular flexibility index (Phi) is 6.32. The molecule has 11 heteroatoms. The molecule has 3 aromatic rings. The lowest BCUT2D eigenvalue weighted by atomic mass is 9.97. The highest BCUT2D eigenvalue weighted by Crippen LogP contribution is 2.48. The number of carbonyl (C=O) groups is 1. The van der Waals surface area contributed by atoms with Crippen LogP contribution in [0.4, 0.5) is 30.2 Å². The maximum Gasteiger partial charge on any atom is 0.416 e. The number of alkyl halides is 3. The lowest BCUT2D eigenvalue weighted by molar-refractivity contribution is -0.138. The average molecular weight is 551 g/mol. The summed E-state index contributed by atoms with van der Waals surface area (Å²) in [5, 5.41) is 13.3. The molecule has 2 aliphatic rings. The molecule has 0 aliphatic carbocycles. The van der Waals surface area contributed by atoms with E-state index in [0.29, 0.717) is 33.6 Å². The number of ether oxygens (including phenoxy) is 1. The molecule has 4 N–H and O–H groups in total. The van der Waals surface area contributed by atoms with Crippen LogP contribution in [0.1, 0.15) is 40.9 Å². The van der Waals surface area contributed by atoms with Gasteiger partial charge in [0.15, 0.2) is 6.29 Å². The minimum Gasteiger partial charge on any atom is -0.486 e. The molecule has 3 aromatic carbocycles. The number of benzene rings is 3. The van der Waals surface area contributed by atoms with Gasteiger partial charge in [-0.15, -0.1) is 0 Å². The number of hydrogen-bond donors (Lipinski definition) is 4. The van der Waals surface area contributed by atoms with E-state index in [-0.39, 0.29) is 17.7 Å². The van der Waals surface area contributed by atoms with Crippen molar-refractivity contribution in [2.45, 2.75) is 44.9 Å². The first-order valence-corrected chi connectivity index (χ1v) is 12.2. The van der Waals surface area contributed by atoms with Gasteiger partial charge in [0.1, 0.15) is 11.4 Å². The van der Waals surface area contributed by atoms with Crippen LogP contribution < -0.4 is 26.0 Å². The number of carbonyl (C=O) groups excluding carboxylic acids is 1. The fourth-order valence-corrected chi connectivity index (χ4v) is 5.11. The Morgan fingerprint density at radius 2 is 1.81 bits per heavy atom. The van der Waals surface area contributed by atoms with Gasteiger partial charge in [-0.05, 0) is 43.7 Å². The lowest BCUT2D eigenvalue weighted by Crippen LogP contribution is -2.31. The van der Waals surface area contributed by atoms with Gasteiger partial charge in [0.05, 0.1) is 38.2 Å². The van der Waals surface area contributed by atoms with E-state index in [4.69, 9.17) is 27.9 Å². The zero-order chi connectivity index (χ0) is 26.5. The minimum absolute atomic E-state index is 0.0249. The van der Waals surface area contributed by atoms with Gasteiger partial charge in [-0.3, -0.25) is 4.79 Å². The smallest absolute Gasteiger partial charge is 0.416 e. The fraction of sp³-hybridized carbons (Fsp3) is 0.269. The molecule has 194 valence electrons. The molecule has 1 atom stereocenters. The van der Waals surface area contributed by atoms with E-state index in [1.54, 1.807) is 24.3 Å². The van der Waals surface area contributed by atoms with E-state index >= 15 is 0 Å². The largest absolute Gasteiger partial charge is 0.486 e. The Labute approximate surface area is 221 Å². The predicted molar refractivity (Wildman–Crippen MR) is 139 cm³/mol. The minimum atomic E-state index is -4.52. The van der Waals surface area contributed by atoms with Crippen LogP contribution in [0.2, 0.25) is 10.0 Å². The van der Waals surface area contributed by atoms with Gasteiger partial charge in [0.25, 0.3) is 5.91 Å². The standard InChI is InChI=1S/C26H23Cl2F3N4O2/c1-25(2)11-15-20-19(33-24(34-20)35-21-17(27)8-5-9-18(21)28)10-14(22(15)37-25)23(36)32-12-13-6-3-4-7-16(13)26(29,30)31/h3-10,24,33-35H,11-12H2,1-2H3,(H,32,36). The summed E-state index contributed by atoms with van der Waals surface area (Å²) in [5.41, 5.74) is 1.59. The van der Waals surface area contributed by atoms with E-state index in [9.17, 15) is 18.0 Å². The first-order chi connectivity index (χ1) is 17.4. The number of nitrogens with one attached hydrogen (secondary N) is 4. The van der Waals surface area contributed by atoms with E-state index in [1.807, 2.05) is 13.8 Å². The monoisotopic (exact) mass is 550 g/mol. The Bertz CT molecular complexity index is 1370. The molecule has 0 spiro atoms. The molecule has 6 nitrogen and oxygen atoms in total. The second-order valence-electron chi connectivity index (χ2n) is 9.49. The van der Waals surface area contributed by atoms with Crippen molar-refractivity contribution in [1.82, 2.24) is 5.32 Å². The van der Waals surface area contributed by atoms with E-state index in [0.717, 1.165) is 17.3 Å². The van der Waals surface area contributed by atoms with Crippen LogP contribution in [-0.2, 0) is 19.1 Å². The molecule has 0 saturated carbocycles. The van der Waals surface area contributed by atoms with Crippen LogP contribution in [0.5, 0.6) is 5.75 Å². The Hall–Kier alpha value is -3.30. The molecule has 37 heavy (non-hydrogen) atoms. The van der Waals surface area contributed by atoms with Gasteiger partial charge in [-0.2, -0.15) is 13.2 Å². The summed E-state index contributed by atoms with van der Waals surface area (Å²) in [6.07, 6.45) is -4.49. The third kappa shape index (κ3) is 4.98.